The van der Waals surface area contributed by atoms with Crippen LogP contribution >= 0.6 is 0 Å². The van der Waals surface area contributed by atoms with Crippen molar-refractivity contribution in [1.29, 1.82) is 0 Å². The van der Waals surface area contributed by atoms with Gasteiger partial charge in [0.1, 0.15) is 61.7 Å². The van der Waals surface area contributed by atoms with E-state index in [1.54, 1.807) is 34.9 Å². The SMILES string of the molecule is CCCC[C@@H](OC(=O)CNC(=O)[C@@H](C)[C@H](C)OCC(C)C[C@H]1C(O)N[C@@H](C2CCCCC2)C(=O)N[C@@H](CN)C(=O)N[C@@H]([C@H](C)O)C(=O)NCC(=O)O[C@H](CCCCCCC(C)(C)OC)[C@@H](C)C(=O)N1C)[C@@H](CCCC)C(=O)N(C)[C@@H](CC(C)C)C(=O)N[C@H](C(=O)N[C@@H](CN)C(N)=O)C1CCCCC1. The zero-order valence-corrected chi connectivity index (χ0v) is 64.6. The van der Waals surface area contributed by atoms with Gasteiger partial charge >= 0.3 is 11.9 Å². The standard InChI is InChI=1S/C74H134N12O17/c1-15-17-33-52(73(99)86(13)55(37-44(3)4)67(93)83-62(50-29-23-21-24-30-50)70(96)80-53(39-75)64(77)90)58(34-18-16-2)103-60(89)41-78-65(91)46(6)49(9)101-43-45(5)38-56-68(94)84-63(51-31-25-22-26-32-51)71(97)81-54(40-76)66(92)82-61(48(8)87)69(95)79-42-59(88)102-57(47(7)72(98)85(56)12)35-27-19-20-28-36-74(10,11)100-14/h44-58,61-63,68,84,87,94H,15-43,75-76H2,1-14H3,(H2,77,90)(H,78,91)(H,79,95)(H,80,96)(H,81,97)(H,82,92)(H,83,93)/t45?,46-,47+,48-,49-,52+,53-,54-,55-,56-,57+,58+,61-,62-,63-,68?/m0/s1. The molecule has 9 amide bonds. The first kappa shape index (κ1) is 91.1. The number of aliphatic hydroxyl groups excluding tert-OH is 2. The Bertz CT molecular complexity index is 2660. The third-order valence-electron chi connectivity index (χ3n) is 21.1. The molecule has 0 aromatic heterocycles. The molecule has 16 atom stereocenters. The summed E-state index contributed by atoms with van der Waals surface area (Å²) >= 11 is 0. The average Bonchev–Trinajstić information content (AvgIpc) is 1.17. The minimum absolute atomic E-state index is 0.00541. The summed E-state index contributed by atoms with van der Waals surface area (Å²) in [5, 5.41) is 42.2. The highest BCUT2D eigenvalue weighted by Crippen LogP contribution is 2.32. The van der Waals surface area contributed by atoms with E-state index < -0.39 is 181 Å². The highest BCUT2D eigenvalue weighted by Gasteiger charge is 2.43. The maximum atomic E-state index is 15.0. The van der Waals surface area contributed by atoms with E-state index in [1.807, 2.05) is 48.5 Å². The molecular formula is C74H134N12O17. The zero-order valence-electron chi connectivity index (χ0n) is 64.6. The van der Waals surface area contributed by atoms with Gasteiger partial charge in [0.25, 0.3) is 0 Å². The Morgan fingerprint density at radius 2 is 1.42 bits per heavy atom. The molecule has 1 saturated heterocycles. The molecule has 2 unspecified atom stereocenters. The summed E-state index contributed by atoms with van der Waals surface area (Å²) in [5.74, 6) is -11.3. The molecule has 3 rings (SSSR count). The van der Waals surface area contributed by atoms with E-state index in [2.05, 4.69) is 37.2 Å². The van der Waals surface area contributed by atoms with Crippen LogP contribution in [0.15, 0.2) is 0 Å². The minimum Gasteiger partial charge on any atom is -0.460 e. The van der Waals surface area contributed by atoms with Crippen molar-refractivity contribution in [2.24, 2.45) is 58.6 Å². The summed E-state index contributed by atoms with van der Waals surface area (Å²) in [4.78, 5) is 157. The van der Waals surface area contributed by atoms with Gasteiger partial charge in [-0.1, -0.05) is 132 Å². The molecule has 3 fully saturated rings. The molecule has 29 heteroatoms. The van der Waals surface area contributed by atoms with Gasteiger partial charge in [-0.25, -0.2) is 0 Å². The molecule has 0 spiro atoms. The van der Waals surface area contributed by atoms with Gasteiger partial charge in [0.2, 0.25) is 53.2 Å². The fourth-order valence-corrected chi connectivity index (χ4v) is 14.0. The monoisotopic (exact) mass is 1460 g/mol. The van der Waals surface area contributed by atoms with Crippen molar-refractivity contribution in [2.45, 2.75) is 309 Å². The molecular weight excluding hydrogens is 1330 g/mol. The largest absolute Gasteiger partial charge is 0.460 e. The fraction of sp³-hybridized carbons (Fsp3) is 0.851. The smallest absolute Gasteiger partial charge is 0.325 e. The number of ether oxygens (including phenoxy) is 4. The van der Waals surface area contributed by atoms with Crippen LogP contribution in [0.4, 0.5) is 0 Å². The third kappa shape index (κ3) is 30.7. The number of aliphatic hydroxyl groups is 2. The summed E-state index contributed by atoms with van der Waals surface area (Å²) in [6.07, 6.45) is 9.57. The number of hydrogen-bond acceptors (Lipinski definition) is 20. The highest BCUT2D eigenvalue weighted by molar-refractivity contribution is 5.96. The quantitative estimate of drug-likeness (QED) is 0.0310. The number of amides is 9. The second-order valence-electron chi connectivity index (χ2n) is 30.5. The molecule has 29 nitrogen and oxygen atoms in total. The molecule has 0 aromatic rings. The predicted molar refractivity (Wildman–Crippen MR) is 390 cm³/mol. The number of hydrogen-bond donors (Lipinski definition) is 12. The van der Waals surface area contributed by atoms with Crippen LogP contribution in [0.3, 0.4) is 0 Å². The Morgan fingerprint density at radius 3 is 2.00 bits per heavy atom. The average molecular weight is 1460 g/mol. The van der Waals surface area contributed by atoms with Gasteiger partial charge in [-0.05, 0) is 122 Å². The molecule has 3 aliphatic rings. The van der Waals surface area contributed by atoms with E-state index in [0.717, 1.165) is 64.2 Å². The Hall–Kier alpha value is -6.11. The van der Waals surface area contributed by atoms with Crippen molar-refractivity contribution in [3.05, 3.63) is 0 Å². The number of nitrogens with one attached hydrogen (secondary N) is 7. The summed E-state index contributed by atoms with van der Waals surface area (Å²) in [5.41, 5.74) is 17.1. The molecule has 2 saturated carbocycles. The van der Waals surface area contributed by atoms with Crippen LogP contribution in [0.25, 0.3) is 0 Å². The van der Waals surface area contributed by atoms with Gasteiger partial charge in [-0.2, -0.15) is 0 Å². The number of cyclic esters (lactones) is 1. The normalized spacial score (nSPS) is 24.0. The maximum Gasteiger partial charge on any atom is 0.325 e. The molecule has 1 heterocycles. The van der Waals surface area contributed by atoms with Crippen LogP contribution in [-0.4, -0.2) is 218 Å². The molecule has 0 aromatic carbocycles. The first-order valence-corrected chi connectivity index (χ1v) is 38.3. The minimum atomic E-state index is -1.59. The second-order valence-corrected chi connectivity index (χ2v) is 30.5. The number of unbranched alkanes of at least 4 members (excludes halogenated alkanes) is 5. The van der Waals surface area contributed by atoms with Gasteiger partial charge in [0, 0.05) is 40.9 Å². The van der Waals surface area contributed by atoms with E-state index >= 15 is 4.79 Å². The Morgan fingerprint density at radius 1 is 0.796 bits per heavy atom. The number of methoxy groups -OCH3 is 1. The topological polar surface area (TPSA) is 434 Å². The molecule has 0 bridgehead atoms. The maximum absolute atomic E-state index is 15.0. The lowest BCUT2D eigenvalue weighted by Crippen LogP contribution is -2.63. The van der Waals surface area contributed by atoms with Gasteiger partial charge < -0.3 is 88.1 Å². The predicted octanol–water partition coefficient (Wildman–Crippen LogP) is 3.38. The second kappa shape index (κ2) is 46.8. The van der Waals surface area contributed by atoms with Crippen LogP contribution in [0.1, 0.15) is 230 Å². The van der Waals surface area contributed by atoms with Crippen LogP contribution < -0.4 is 54.4 Å². The molecule has 0 radical (unpaired) electrons. The molecule has 103 heavy (non-hydrogen) atoms. The number of nitrogens with two attached hydrogens (primary N) is 3. The fourth-order valence-electron chi connectivity index (χ4n) is 14.0. The number of likely N-dealkylation sites (N-methyl/N-ethyl adjacent to an activating group) is 2. The van der Waals surface area contributed by atoms with Crippen molar-refractivity contribution < 1.29 is 81.9 Å². The first-order valence-electron chi connectivity index (χ1n) is 38.3. The number of esters is 2. The third-order valence-corrected chi connectivity index (χ3v) is 21.1. The van der Waals surface area contributed by atoms with Crippen molar-refractivity contribution in [3.8, 4) is 0 Å². The lowest BCUT2D eigenvalue weighted by molar-refractivity contribution is -0.159. The van der Waals surface area contributed by atoms with E-state index in [4.69, 9.17) is 36.1 Å². The number of rotatable bonds is 39. The van der Waals surface area contributed by atoms with Gasteiger partial charge in [0.15, 0.2) is 0 Å². The van der Waals surface area contributed by atoms with Crippen molar-refractivity contribution in [1.82, 2.24) is 47.0 Å². The van der Waals surface area contributed by atoms with E-state index in [0.29, 0.717) is 70.6 Å². The van der Waals surface area contributed by atoms with E-state index in [1.165, 1.54) is 23.8 Å². The lowest BCUT2D eigenvalue weighted by Gasteiger charge is -2.39. The van der Waals surface area contributed by atoms with Crippen LogP contribution in [-0.2, 0) is 71.7 Å². The molecule has 2 aliphatic carbocycles. The van der Waals surface area contributed by atoms with Gasteiger partial charge in [-0.15, -0.1) is 0 Å². The van der Waals surface area contributed by atoms with Gasteiger partial charge in [0.05, 0.1) is 47.6 Å². The Kier molecular flexibility index (Phi) is 41.4. The highest BCUT2D eigenvalue weighted by atomic mass is 16.6. The van der Waals surface area contributed by atoms with E-state index in [-0.39, 0.29) is 55.8 Å². The zero-order chi connectivity index (χ0) is 77.3. The van der Waals surface area contributed by atoms with Gasteiger partial charge in [-0.3, -0.25) is 58.1 Å². The number of carbonyl (C=O) groups is 11. The molecule has 1 aliphatic heterocycles. The Labute approximate surface area is 613 Å². The van der Waals surface area contributed by atoms with Crippen LogP contribution in [0, 0.1) is 41.4 Å². The number of nitrogens with zero attached hydrogens (tertiary/aromatic N) is 2. The first-order chi connectivity index (χ1) is 48.7. The van der Waals surface area contributed by atoms with Crippen LogP contribution in [0.5, 0.6) is 0 Å². The number of carbonyl (C=O) groups excluding carboxylic acids is 11. The summed E-state index contributed by atoms with van der Waals surface area (Å²) in [6, 6.07) is -8.35. The van der Waals surface area contributed by atoms with Crippen LogP contribution in [0.2, 0.25) is 0 Å². The van der Waals surface area contributed by atoms with Crippen molar-refractivity contribution in [3.63, 3.8) is 0 Å². The van der Waals surface area contributed by atoms with E-state index in [9.17, 15) is 58.2 Å². The summed E-state index contributed by atoms with van der Waals surface area (Å²) in [7, 11) is 4.73. The molecule has 15 N–H and O–H groups in total. The Balaban J connectivity index is 1.91. The lowest BCUT2D eigenvalue weighted by atomic mass is 9.83. The summed E-state index contributed by atoms with van der Waals surface area (Å²) in [6.45, 7) is 18.0. The summed E-state index contributed by atoms with van der Waals surface area (Å²) < 4.78 is 24.1. The number of primary amides is 1. The molecule has 592 valence electrons. The van der Waals surface area contributed by atoms with Crippen molar-refractivity contribution in [2.75, 3.05) is 54.0 Å². The van der Waals surface area contributed by atoms with Crippen molar-refractivity contribution >= 4 is 65.1 Å².